The van der Waals surface area contributed by atoms with Gasteiger partial charge in [-0.25, -0.2) is 9.67 Å². The molecule has 0 bridgehead atoms. The van der Waals surface area contributed by atoms with E-state index >= 15 is 0 Å². The van der Waals surface area contributed by atoms with Crippen LogP contribution in [0, 0.1) is 0 Å². The van der Waals surface area contributed by atoms with Gasteiger partial charge in [0.05, 0.1) is 18.8 Å². The van der Waals surface area contributed by atoms with Gasteiger partial charge in [0.15, 0.2) is 0 Å². The lowest BCUT2D eigenvalue weighted by Crippen LogP contribution is -2.18. The van der Waals surface area contributed by atoms with Crippen molar-refractivity contribution in [3.63, 3.8) is 0 Å². The molecule has 0 spiro atoms. The molecule has 1 fully saturated rings. The lowest BCUT2D eigenvalue weighted by molar-refractivity contribution is 0.340. The van der Waals surface area contributed by atoms with E-state index in [1.54, 1.807) is 6.33 Å². The van der Waals surface area contributed by atoms with Gasteiger partial charge in [0, 0.05) is 6.04 Å². The Labute approximate surface area is 112 Å². The lowest BCUT2D eigenvalue weighted by Gasteiger charge is -2.08. The van der Waals surface area contributed by atoms with Crippen LogP contribution < -0.4 is 10.1 Å². The highest BCUT2D eigenvalue weighted by molar-refractivity contribution is 5.37. The Morgan fingerprint density at radius 1 is 1.32 bits per heavy atom. The Kier molecular flexibility index (Phi) is 3.46. The number of benzene rings is 1. The Hall–Kier alpha value is -1.88. The summed E-state index contributed by atoms with van der Waals surface area (Å²) in [5.74, 6) is 1.82. The number of hydrogen-bond acceptors (Lipinski definition) is 4. The molecule has 1 aromatic heterocycles. The maximum atomic E-state index is 5.44. The maximum absolute atomic E-state index is 5.44. The summed E-state index contributed by atoms with van der Waals surface area (Å²) < 4.78 is 7.30. The zero-order chi connectivity index (χ0) is 13.1. The quantitative estimate of drug-likeness (QED) is 0.860. The van der Waals surface area contributed by atoms with Crippen molar-refractivity contribution < 1.29 is 4.74 Å². The third-order valence-electron chi connectivity index (χ3n) is 3.14. The van der Waals surface area contributed by atoms with Gasteiger partial charge in [0.1, 0.15) is 17.9 Å². The number of ether oxygens (including phenoxy) is 1. The van der Waals surface area contributed by atoms with E-state index in [1.165, 1.54) is 12.8 Å². The van der Waals surface area contributed by atoms with Crippen molar-refractivity contribution in [2.24, 2.45) is 0 Å². The minimum atomic E-state index is 0.672. The van der Waals surface area contributed by atoms with E-state index in [1.807, 2.05) is 35.9 Å². The van der Waals surface area contributed by atoms with Gasteiger partial charge in [0.25, 0.3) is 0 Å². The van der Waals surface area contributed by atoms with Crippen LogP contribution >= 0.6 is 0 Å². The molecule has 0 radical (unpaired) electrons. The van der Waals surface area contributed by atoms with Crippen LogP contribution in [-0.2, 0) is 6.54 Å². The molecule has 1 N–H and O–H groups in total. The molecule has 5 heteroatoms. The van der Waals surface area contributed by atoms with Crippen molar-refractivity contribution in [2.45, 2.75) is 32.4 Å². The molecule has 0 unspecified atom stereocenters. The monoisotopic (exact) mass is 258 g/mol. The second-order valence-corrected chi connectivity index (χ2v) is 4.67. The Balaban J connectivity index is 1.74. The first-order valence-corrected chi connectivity index (χ1v) is 6.72. The first-order valence-electron chi connectivity index (χ1n) is 6.72. The molecule has 0 saturated heterocycles. The molecule has 1 aliphatic carbocycles. The summed E-state index contributed by atoms with van der Waals surface area (Å²) >= 11 is 0. The van der Waals surface area contributed by atoms with E-state index in [4.69, 9.17) is 4.74 Å². The van der Waals surface area contributed by atoms with Gasteiger partial charge in [-0.1, -0.05) is 0 Å². The standard InChI is InChI=1S/C14H18N4O/c1-2-19-13-7-5-12(6-8-13)18-14(16-10-17-18)9-15-11-3-4-11/h5-8,10-11,15H,2-4,9H2,1H3. The summed E-state index contributed by atoms with van der Waals surface area (Å²) in [6, 6.07) is 8.59. The molecular formula is C14H18N4O. The van der Waals surface area contributed by atoms with Crippen molar-refractivity contribution in [1.82, 2.24) is 20.1 Å². The average Bonchev–Trinajstić information content (AvgIpc) is 3.15. The highest BCUT2D eigenvalue weighted by atomic mass is 16.5. The molecule has 1 aliphatic rings. The van der Waals surface area contributed by atoms with Crippen LogP contribution in [0.15, 0.2) is 30.6 Å². The maximum Gasteiger partial charge on any atom is 0.146 e. The summed E-state index contributed by atoms with van der Waals surface area (Å²) in [6.07, 6.45) is 4.15. The smallest absolute Gasteiger partial charge is 0.146 e. The molecule has 3 rings (SSSR count). The second kappa shape index (κ2) is 5.40. The van der Waals surface area contributed by atoms with Crippen LogP contribution in [0.2, 0.25) is 0 Å². The fraction of sp³-hybridized carbons (Fsp3) is 0.429. The van der Waals surface area contributed by atoms with Gasteiger partial charge in [-0.05, 0) is 44.0 Å². The predicted octanol–water partition coefficient (Wildman–Crippen LogP) is 1.92. The number of nitrogens with one attached hydrogen (secondary N) is 1. The third kappa shape index (κ3) is 2.93. The zero-order valence-electron chi connectivity index (χ0n) is 11.0. The topological polar surface area (TPSA) is 52.0 Å². The summed E-state index contributed by atoms with van der Waals surface area (Å²) in [5.41, 5.74) is 1.01. The van der Waals surface area contributed by atoms with Gasteiger partial charge >= 0.3 is 0 Å². The molecule has 19 heavy (non-hydrogen) atoms. The largest absolute Gasteiger partial charge is 0.494 e. The van der Waals surface area contributed by atoms with Crippen LogP contribution in [0.1, 0.15) is 25.6 Å². The molecule has 1 saturated carbocycles. The van der Waals surface area contributed by atoms with E-state index in [9.17, 15) is 0 Å². The summed E-state index contributed by atoms with van der Waals surface area (Å²) in [5, 5.41) is 7.74. The first-order chi connectivity index (χ1) is 9.36. The molecule has 5 nitrogen and oxygen atoms in total. The minimum Gasteiger partial charge on any atom is -0.494 e. The summed E-state index contributed by atoms with van der Waals surface area (Å²) in [4.78, 5) is 4.31. The molecule has 1 heterocycles. The molecule has 0 atom stereocenters. The van der Waals surface area contributed by atoms with Crippen LogP contribution in [0.4, 0.5) is 0 Å². The summed E-state index contributed by atoms with van der Waals surface area (Å²) in [7, 11) is 0. The highest BCUT2D eigenvalue weighted by Crippen LogP contribution is 2.20. The zero-order valence-corrected chi connectivity index (χ0v) is 11.0. The van der Waals surface area contributed by atoms with Gasteiger partial charge in [-0.3, -0.25) is 0 Å². The molecule has 0 aliphatic heterocycles. The lowest BCUT2D eigenvalue weighted by atomic mass is 10.3. The minimum absolute atomic E-state index is 0.672. The van der Waals surface area contributed by atoms with Crippen molar-refractivity contribution in [1.29, 1.82) is 0 Å². The van der Waals surface area contributed by atoms with Gasteiger partial charge in [-0.15, -0.1) is 0 Å². The van der Waals surface area contributed by atoms with Gasteiger partial charge in [0.2, 0.25) is 0 Å². The Morgan fingerprint density at radius 3 is 2.79 bits per heavy atom. The van der Waals surface area contributed by atoms with E-state index in [0.29, 0.717) is 12.6 Å². The first kappa shape index (κ1) is 12.2. The number of hydrogen-bond donors (Lipinski definition) is 1. The molecule has 100 valence electrons. The van der Waals surface area contributed by atoms with Crippen LogP contribution in [0.5, 0.6) is 5.75 Å². The van der Waals surface area contributed by atoms with Crippen molar-refractivity contribution in [3.05, 3.63) is 36.4 Å². The van der Waals surface area contributed by atoms with Crippen LogP contribution in [0.3, 0.4) is 0 Å². The van der Waals surface area contributed by atoms with Crippen LogP contribution in [0.25, 0.3) is 5.69 Å². The molecule has 2 aromatic rings. The normalized spacial score (nSPS) is 14.6. The number of nitrogens with zero attached hydrogens (tertiary/aromatic N) is 3. The van der Waals surface area contributed by atoms with E-state index in [0.717, 1.165) is 23.8 Å². The highest BCUT2D eigenvalue weighted by Gasteiger charge is 2.21. The van der Waals surface area contributed by atoms with Crippen LogP contribution in [-0.4, -0.2) is 27.4 Å². The third-order valence-corrected chi connectivity index (χ3v) is 3.14. The number of aromatic nitrogens is 3. The van der Waals surface area contributed by atoms with Crippen molar-refractivity contribution >= 4 is 0 Å². The number of rotatable bonds is 6. The Bertz CT molecular complexity index is 531. The fourth-order valence-electron chi connectivity index (χ4n) is 1.97. The van der Waals surface area contributed by atoms with Gasteiger partial charge in [-0.2, -0.15) is 5.10 Å². The molecule has 0 amide bonds. The average molecular weight is 258 g/mol. The molecular weight excluding hydrogens is 240 g/mol. The van der Waals surface area contributed by atoms with E-state index in [2.05, 4.69) is 15.4 Å². The molecule has 1 aromatic carbocycles. The van der Waals surface area contributed by atoms with E-state index < -0.39 is 0 Å². The van der Waals surface area contributed by atoms with Gasteiger partial charge < -0.3 is 10.1 Å². The van der Waals surface area contributed by atoms with Crippen molar-refractivity contribution in [2.75, 3.05) is 6.61 Å². The SMILES string of the molecule is CCOc1ccc(-n2ncnc2CNC2CC2)cc1. The second-order valence-electron chi connectivity index (χ2n) is 4.67. The summed E-state index contributed by atoms with van der Waals surface area (Å²) in [6.45, 7) is 3.42. The predicted molar refractivity (Wildman–Crippen MR) is 72.4 cm³/mol. The van der Waals surface area contributed by atoms with E-state index in [-0.39, 0.29) is 0 Å². The Morgan fingerprint density at radius 2 is 2.11 bits per heavy atom. The van der Waals surface area contributed by atoms with Crippen molar-refractivity contribution in [3.8, 4) is 11.4 Å². The fourth-order valence-corrected chi connectivity index (χ4v) is 1.97.